The maximum absolute atomic E-state index is 5.06. The largest absolute Gasteiger partial charge is 0.382 e. The van der Waals surface area contributed by atoms with Crippen LogP contribution in [0.2, 0.25) is 0 Å². The van der Waals surface area contributed by atoms with Gasteiger partial charge in [-0.2, -0.15) is 0 Å². The Bertz CT molecular complexity index is 96.9. The molecule has 0 aliphatic heterocycles. The van der Waals surface area contributed by atoms with E-state index in [0.717, 1.165) is 0 Å². The molecule has 100 valence electrons. The molecule has 0 aliphatic carbocycles. The Morgan fingerprint density at radius 1 is 0.688 bits per heavy atom. The van der Waals surface area contributed by atoms with E-state index in [4.69, 9.17) is 14.2 Å². The monoisotopic (exact) mass is 235 g/mol. The summed E-state index contributed by atoms with van der Waals surface area (Å²) in [7, 11) is 3.30. The predicted octanol–water partition coefficient (Wildman–Crippen LogP) is 1.64. The molecular formula is C12H29NO3. The first-order valence-corrected chi connectivity index (χ1v) is 6.04. The van der Waals surface area contributed by atoms with Crippen molar-refractivity contribution in [3.8, 4) is 0 Å². The Labute approximate surface area is 101 Å². The molecule has 4 heteroatoms. The lowest BCUT2D eigenvalue weighted by Gasteiger charge is -2.13. The lowest BCUT2D eigenvalue weighted by Crippen LogP contribution is -2.21. The van der Waals surface area contributed by atoms with Crippen LogP contribution in [-0.2, 0) is 14.2 Å². The molecule has 0 saturated heterocycles. The van der Waals surface area contributed by atoms with Gasteiger partial charge in [0.25, 0.3) is 0 Å². The molecule has 0 saturated carbocycles. The van der Waals surface area contributed by atoms with Crippen molar-refractivity contribution in [3.05, 3.63) is 0 Å². The Hall–Kier alpha value is -0.160. The van der Waals surface area contributed by atoms with Crippen LogP contribution in [0.1, 0.15) is 20.8 Å². The third kappa shape index (κ3) is 16.3. The summed E-state index contributed by atoms with van der Waals surface area (Å²) in [5, 5.41) is 0. The van der Waals surface area contributed by atoms with Crippen LogP contribution in [0.3, 0.4) is 0 Å². The SMILES string of the molecule is CCN(CC)CC.COCCOCCOC. The van der Waals surface area contributed by atoms with Gasteiger partial charge in [-0.05, 0) is 19.6 Å². The van der Waals surface area contributed by atoms with Gasteiger partial charge in [0.15, 0.2) is 0 Å². The Kier molecular flexibility index (Phi) is 19.6. The summed E-state index contributed by atoms with van der Waals surface area (Å²) >= 11 is 0. The summed E-state index contributed by atoms with van der Waals surface area (Å²) < 4.78 is 14.6. The Balaban J connectivity index is 0. The quantitative estimate of drug-likeness (QED) is 0.569. The number of ether oxygens (including phenoxy) is 3. The number of hydrogen-bond acceptors (Lipinski definition) is 4. The lowest BCUT2D eigenvalue weighted by molar-refractivity contribution is 0.0385. The van der Waals surface area contributed by atoms with Gasteiger partial charge in [-0.1, -0.05) is 20.8 Å². The summed E-state index contributed by atoms with van der Waals surface area (Å²) in [5.41, 5.74) is 0. The fraction of sp³-hybridized carbons (Fsp3) is 1.00. The minimum atomic E-state index is 0.653. The molecule has 0 spiro atoms. The Morgan fingerprint density at radius 3 is 1.25 bits per heavy atom. The standard InChI is InChI=1S/C6H15N.C6H14O3/c1-4-7(5-2)6-3;1-7-3-5-9-6-4-8-2/h4-6H2,1-3H3;3-6H2,1-2H3. The van der Waals surface area contributed by atoms with E-state index >= 15 is 0 Å². The highest BCUT2D eigenvalue weighted by atomic mass is 16.5. The summed E-state index contributed by atoms with van der Waals surface area (Å²) in [6.07, 6.45) is 0. The molecule has 0 radical (unpaired) electrons. The predicted molar refractivity (Wildman–Crippen MR) is 68.0 cm³/mol. The minimum Gasteiger partial charge on any atom is -0.382 e. The zero-order valence-corrected chi connectivity index (χ0v) is 11.6. The second-order valence-corrected chi connectivity index (χ2v) is 3.22. The van der Waals surface area contributed by atoms with E-state index in [1.54, 1.807) is 14.2 Å². The molecule has 0 aromatic rings. The van der Waals surface area contributed by atoms with Gasteiger partial charge in [0.05, 0.1) is 26.4 Å². The highest BCUT2D eigenvalue weighted by Gasteiger charge is 1.89. The van der Waals surface area contributed by atoms with E-state index in [9.17, 15) is 0 Å². The molecule has 0 atom stereocenters. The molecule has 0 N–H and O–H groups in total. The van der Waals surface area contributed by atoms with Crippen molar-refractivity contribution in [3.63, 3.8) is 0 Å². The second kappa shape index (κ2) is 17.2. The maximum Gasteiger partial charge on any atom is 0.0701 e. The summed E-state index contributed by atoms with van der Waals surface area (Å²) in [6, 6.07) is 0. The number of nitrogens with zero attached hydrogens (tertiary/aromatic N) is 1. The molecule has 0 aliphatic rings. The fourth-order valence-electron chi connectivity index (χ4n) is 1.06. The van der Waals surface area contributed by atoms with Crippen LogP contribution in [0, 0.1) is 0 Å². The van der Waals surface area contributed by atoms with Gasteiger partial charge in [0.2, 0.25) is 0 Å². The van der Waals surface area contributed by atoms with Gasteiger partial charge in [-0.25, -0.2) is 0 Å². The molecule has 0 unspecified atom stereocenters. The molecule has 0 aromatic heterocycles. The molecule has 0 fully saturated rings. The molecule has 0 aromatic carbocycles. The van der Waals surface area contributed by atoms with Crippen LogP contribution in [0.15, 0.2) is 0 Å². The molecule has 0 amide bonds. The normalized spacial score (nSPS) is 10.1. The zero-order chi connectivity index (χ0) is 12.6. The third-order valence-corrected chi connectivity index (χ3v) is 2.21. The van der Waals surface area contributed by atoms with Gasteiger partial charge in [0.1, 0.15) is 0 Å². The average molecular weight is 235 g/mol. The van der Waals surface area contributed by atoms with Crippen molar-refractivity contribution in [2.75, 3.05) is 60.3 Å². The third-order valence-electron chi connectivity index (χ3n) is 2.21. The first kappa shape index (κ1) is 18.2. The van der Waals surface area contributed by atoms with Crippen LogP contribution in [0.4, 0.5) is 0 Å². The van der Waals surface area contributed by atoms with Crippen LogP contribution < -0.4 is 0 Å². The van der Waals surface area contributed by atoms with Crippen molar-refractivity contribution in [2.24, 2.45) is 0 Å². The summed E-state index contributed by atoms with van der Waals surface area (Å²) in [6.45, 7) is 12.7. The van der Waals surface area contributed by atoms with Crippen molar-refractivity contribution >= 4 is 0 Å². The van der Waals surface area contributed by atoms with Gasteiger partial charge in [0, 0.05) is 14.2 Å². The topological polar surface area (TPSA) is 30.9 Å². The molecule has 0 rings (SSSR count). The Morgan fingerprint density at radius 2 is 1.06 bits per heavy atom. The fourth-order valence-corrected chi connectivity index (χ4v) is 1.06. The van der Waals surface area contributed by atoms with Crippen LogP contribution in [0.25, 0.3) is 0 Å². The molecule has 0 heterocycles. The maximum atomic E-state index is 5.06. The van der Waals surface area contributed by atoms with Gasteiger partial charge < -0.3 is 19.1 Å². The summed E-state index contributed by atoms with van der Waals surface area (Å²) in [4.78, 5) is 2.38. The molecular weight excluding hydrogens is 206 g/mol. The van der Waals surface area contributed by atoms with Crippen molar-refractivity contribution in [1.29, 1.82) is 0 Å². The molecule has 4 nitrogen and oxygen atoms in total. The van der Waals surface area contributed by atoms with Crippen LogP contribution >= 0.6 is 0 Å². The van der Waals surface area contributed by atoms with E-state index in [2.05, 4.69) is 25.7 Å². The van der Waals surface area contributed by atoms with E-state index in [-0.39, 0.29) is 0 Å². The van der Waals surface area contributed by atoms with Gasteiger partial charge in [-0.15, -0.1) is 0 Å². The van der Waals surface area contributed by atoms with E-state index in [0.29, 0.717) is 26.4 Å². The molecule has 16 heavy (non-hydrogen) atoms. The van der Waals surface area contributed by atoms with Gasteiger partial charge in [-0.3, -0.25) is 0 Å². The number of hydrogen-bond donors (Lipinski definition) is 0. The zero-order valence-electron chi connectivity index (χ0n) is 11.6. The number of rotatable bonds is 9. The van der Waals surface area contributed by atoms with E-state index < -0.39 is 0 Å². The average Bonchev–Trinajstić information content (AvgIpc) is 2.32. The molecule has 0 bridgehead atoms. The van der Waals surface area contributed by atoms with Gasteiger partial charge >= 0.3 is 0 Å². The highest BCUT2D eigenvalue weighted by molar-refractivity contribution is 4.43. The van der Waals surface area contributed by atoms with E-state index in [1.807, 2.05) is 0 Å². The first-order valence-electron chi connectivity index (χ1n) is 6.04. The minimum absolute atomic E-state index is 0.653. The lowest BCUT2D eigenvalue weighted by atomic mass is 10.5. The first-order chi connectivity index (χ1) is 7.76. The van der Waals surface area contributed by atoms with Crippen molar-refractivity contribution in [1.82, 2.24) is 4.90 Å². The van der Waals surface area contributed by atoms with Crippen LogP contribution in [0.5, 0.6) is 0 Å². The smallest absolute Gasteiger partial charge is 0.0701 e. The van der Waals surface area contributed by atoms with Crippen molar-refractivity contribution in [2.45, 2.75) is 20.8 Å². The number of methoxy groups -OCH3 is 2. The van der Waals surface area contributed by atoms with Crippen molar-refractivity contribution < 1.29 is 14.2 Å². The second-order valence-electron chi connectivity index (χ2n) is 3.22. The van der Waals surface area contributed by atoms with Crippen LogP contribution in [-0.4, -0.2) is 65.2 Å². The highest BCUT2D eigenvalue weighted by Crippen LogP contribution is 1.81. The summed E-state index contributed by atoms with van der Waals surface area (Å²) in [5.74, 6) is 0. The van der Waals surface area contributed by atoms with E-state index in [1.165, 1.54) is 19.6 Å².